The van der Waals surface area contributed by atoms with E-state index in [1.54, 1.807) is 22.3 Å². The smallest absolute Gasteiger partial charge is 0.317 e. The molecular weight excluding hydrogens is 328 g/mol. The van der Waals surface area contributed by atoms with Crippen LogP contribution in [0.1, 0.15) is 11.8 Å². The maximum absolute atomic E-state index is 12.2. The molecule has 3 rings (SSSR count). The summed E-state index contributed by atoms with van der Waals surface area (Å²) in [6.07, 6.45) is 0. The SMILES string of the molecule is CCN(Cc1cccs1)C(=O)NCCOc1ccc2c(c1)OCO2. The number of fused-ring (bicyclic) bond motifs is 1. The van der Waals surface area contributed by atoms with Crippen LogP contribution in [0.15, 0.2) is 35.7 Å². The maximum Gasteiger partial charge on any atom is 0.317 e. The van der Waals surface area contributed by atoms with Gasteiger partial charge in [-0.15, -0.1) is 11.3 Å². The number of hydrogen-bond donors (Lipinski definition) is 1. The minimum absolute atomic E-state index is 0.0832. The molecule has 0 spiro atoms. The van der Waals surface area contributed by atoms with Crippen molar-refractivity contribution >= 4 is 17.4 Å². The summed E-state index contributed by atoms with van der Waals surface area (Å²) >= 11 is 1.65. The molecule has 2 aromatic rings. The summed E-state index contributed by atoms with van der Waals surface area (Å²) in [6.45, 7) is 4.33. The molecule has 0 saturated heterocycles. The Morgan fingerprint density at radius 1 is 1.33 bits per heavy atom. The first-order valence-electron chi connectivity index (χ1n) is 7.84. The molecule has 24 heavy (non-hydrogen) atoms. The number of rotatable bonds is 7. The third-order valence-corrected chi connectivity index (χ3v) is 4.45. The van der Waals surface area contributed by atoms with E-state index >= 15 is 0 Å². The van der Waals surface area contributed by atoms with Gasteiger partial charge < -0.3 is 24.4 Å². The van der Waals surface area contributed by atoms with Crippen molar-refractivity contribution in [2.24, 2.45) is 0 Å². The number of thiophene rings is 1. The van der Waals surface area contributed by atoms with Gasteiger partial charge in [0.25, 0.3) is 0 Å². The first kappa shape index (κ1) is 16.4. The monoisotopic (exact) mass is 348 g/mol. The molecule has 1 N–H and O–H groups in total. The Morgan fingerprint density at radius 3 is 3.00 bits per heavy atom. The van der Waals surface area contributed by atoms with Crippen molar-refractivity contribution in [1.29, 1.82) is 0 Å². The molecule has 0 bridgehead atoms. The van der Waals surface area contributed by atoms with Crippen molar-refractivity contribution in [1.82, 2.24) is 10.2 Å². The fourth-order valence-electron chi connectivity index (χ4n) is 2.32. The van der Waals surface area contributed by atoms with E-state index in [1.165, 1.54) is 4.88 Å². The minimum atomic E-state index is -0.0832. The van der Waals surface area contributed by atoms with Gasteiger partial charge in [-0.1, -0.05) is 6.07 Å². The average molecular weight is 348 g/mol. The molecule has 128 valence electrons. The third kappa shape index (κ3) is 4.11. The molecule has 0 radical (unpaired) electrons. The van der Waals surface area contributed by atoms with Gasteiger partial charge in [-0.2, -0.15) is 0 Å². The quantitative estimate of drug-likeness (QED) is 0.781. The average Bonchev–Trinajstić information content (AvgIpc) is 3.27. The van der Waals surface area contributed by atoms with Crippen molar-refractivity contribution in [3.05, 3.63) is 40.6 Å². The summed E-state index contributed by atoms with van der Waals surface area (Å²) in [4.78, 5) is 15.1. The van der Waals surface area contributed by atoms with E-state index < -0.39 is 0 Å². The summed E-state index contributed by atoms with van der Waals surface area (Å²) in [5.41, 5.74) is 0. The van der Waals surface area contributed by atoms with E-state index in [4.69, 9.17) is 14.2 Å². The highest BCUT2D eigenvalue weighted by molar-refractivity contribution is 7.09. The van der Waals surface area contributed by atoms with Crippen LogP contribution in [0.2, 0.25) is 0 Å². The zero-order chi connectivity index (χ0) is 16.8. The number of hydrogen-bond acceptors (Lipinski definition) is 5. The van der Waals surface area contributed by atoms with Gasteiger partial charge >= 0.3 is 6.03 Å². The fourth-order valence-corrected chi connectivity index (χ4v) is 3.04. The molecule has 0 atom stereocenters. The molecule has 2 amide bonds. The van der Waals surface area contributed by atoms with Crippen molar-refractivity contribution in [3.8, 4) is 17.2 Å². The summed E-state index contributed by atoms with van der Waals surface area (Å²) in [7, 11) is 0. The molecule has 0 fully saturated rings. The molecule has 1 aliphatic heterocycles. The summed E-state index contributed by atoms with van der Waals surface area (Å²) in [5.74, 6) is 2.10. The summed E-state index contributed by atoms with van der Waals surface area (Å²) < 4.78 is 16.2. The van der Waals surface area contributed by atoms with Crippen LogP contribution in [-0.2, 0) is 6.54 Å². The molecule has 0 unspecified atom stereocenters. The van der Waals surface area contributed by atoms with Gasteiger partial charge in [-0.3, -0.25) is 0 Å². The largest absolute Gasteiger partial charge is 0.492 e. The van der Waals surface area contributed by atoms with Crippen molar-refractivity contribution in [2.45, 2.75) is 13.5 Å². The van der Waals surface area contributed by atoms with Crippen LogP contribution in [0.3, 0.4) is 0 Å². The van der Waals surface area contributed by atoms with Crippen LogP contribution in [0.5, 0.6) is 17.2 Å². The fraction of sp³-hybridized carbons (Fsp3) is 0.353. The first-order chi connectivity index (χ1) is 11.8. The van der Waals surface area contributed by atoms with Crippen molar-refractivity contribution in [3.63, 3.8) is 0 Å². The molecule has 0 saturated carbocycles. The zero-order valence-corrected chi connectivity index (χ0v) is 14.3. The third-order valence-electron chi connectivity index (χ3n) is 3.59. The van der Waals surface area contributed by atoms with E-state index in [-0.39, 0.29) is 12.8 Å². The van der Waals surface area contributed by atoms with Crippen LogP contribution in [0.25, 0.3) is 0 Å². The Hall–Kier alpha value is -2.41. The standard InChI is InChI=1S/C17H20N2O4S/c1-2-19(11-14-4-3-9-24-14)17(20)18-7-8-21-13-5-6-15-16(10-13)23-12-22-15/h3-6,9-10H,2,7-8,11-12H2,1H3,(H,18,20). The Balaban J connectivity index is 1.41. The highest BCUT2D eigenvalue weighted by Crippen LogP contribution is 2.34. The van der Waals surface area contributed by atoms with Crippen LogP contribution < -0.4 is 19.5 Å². The lowest BCUT2D eigenvalue weighted by Gasteiger charge is -2.20. The lowest BCUT2D eigenvalue weighted by Crippen LogP contribution is -2.40. The van der Waals surface area contributed by atoms with Gasteiger partial charge in [0.2, 0.25) is 6.79 Å². The predicted molar refractivity (Wildman–Crippen MR) is 91.9 cm³/mol. The minimum Gasteiger partial charge on any atom is -0.492 e. The van der Waals surface area contributed by atoms with E-state index in [1.807, 2.05) is 36.6 Å². The van der Waals surface area contributed by atoms with Crippen molar-refractivity contribution < 1.29 is 19.0 Å². The molecule has 1 aliphatic rings. The number of ether oxygens (including phenoxy) is 3. The van der Waals surface area contributed by atoms with E-state index in [9.17, 15) is 4.79 Å². The Kier molecular flexibility index (Phi) is 5.43. The van der Waals surface area contributed by atoms with Gasteiger partial charge in [0.1, 0.15) is 12.4 Å². The summed E-state index contributed by atoms with van der Waals surface area (Å²) in [6, 6.07) is 9.37. The van der Waals surface area contributed by atoms with E-state index in [0.29, 0.717) is 37.7 Å². The van der Waals surface area contributed by atoms with Gasteiger partial charge in [-0.05, 0) is 30.5 Å². The molecular formula is C17H20N2O4S. The van der Waals surface area contributed by atoms with E-state index in [2.05, 4.69) is 5.32 Å². The maximum atomic E-state index is 12.2. The van der Waals surface area contributed by atoms with Gasteiger partial charge in [-0.25, -0.2) is 4.79 Å². The topological polar surface area (TPSA) is 60.0 Å². The normalized spacial score (nSPS) is 12.0. The highest BCUT2D eigenvalue weighted by Gasteiger charge is 2.14. The second-order valence-electron chi connectivity index (χ2n) is 5.19. The van der Waals surface area contributed by atoms with Crippen LogP contribution in [0.4, 0.5) is 4.79 Å². The van der Waals surface area contributed by atoms with Crippen LogP contribution in [-0.4, -0.2) is 37.4 Å². The predicted octanol–water partition coefficient (Wildman–Crippen LogP) is 3.09. The Morgan fingerprint density at radius 2 is 2.21 bits per heavy atom. The van der Waals surface area contributed by atoms with Crippen molar-refractivity contribution in [2.75, 3.05) is 26.5 Å². The highest BCUT2D eigenvalue weighted by atomic mass is 32.1. The lowest BCUT2D eigenvalue weighted by molar-refractivity contribution is 0.173. The van der Waals surface area contributed by atoms with Crippen LogP contribution in [0, 0.1) is 0 Å². The number of nitrogens with zero attached hydrogens (tertiary/aromatic N) is 1. The molecule has 1 aromatic heterocycles. The first-order valence-corrected chi connectivity index (χ1v) is 8.72. The number of carbonyl (C=O) groups excluding carboxylic acids is 1. The Labute approximate surface area is 144 Å². The number of benzene rings is 1. The van der Waals surface area contributed by atoms with Gasteiger partial charge in [0.15, 0.2) is 11.5 Å². The van der Waals surface area contributed by atoms with E-state index in [0.717, 1.165) is 5.75 Å². The Bertz CT molecular complexity index is 675. The lowest BCUT2D eigenvalue weighted by atomic mass is 10.3. The zero-order valence-electron chi connectivity index (χ0n) is 13.5. The molecule has 2 heterocycles. The second kappa shape index (κ2) is 7.92. The molecule has 0 aliphatic carbocycles. The number of carbonyl (C=O) groups is 1. The summed E-state index contributed by atoms with van der Waals surface area (Å²) in [5, 5.41) is 4.89. The molecule has 7 heteroatoms. The number of nitrogens with one attached hydrogen (secondary N) is 1. The molecule has 1 aromatic carbocycles. The number of amides is 2. The van der Waals surface area contributed by atoms with Gasteiger partial charge in [0.05, 0.1) is 13.1 Å². The van der Waals surface area contributed by atoms with Crippen LogP contribution >= 0.6 is 11.3 Å². The second-order valence-corrected chi connectivity index (χ2v) is 6.22. The number of urea groups is 1. The molecule has 6 nitrogen and oxygen atoms in total. The van der Waals surface area contributed by atoms with Gasteiger partial charge in [0, 0.05) is 17.5 Å².